The zero-order valence-electron chi connectivity index (χ0n) is 13.8. The van der Waals surface area contributed by atoms with Crippen molar-refractivity contribution in [1.82, 2.24) is 9.13 Å². The predicted octanol–water partition coefficient (Wildman–Crippen LogP) is 4.86. The average molecular weight is 305 g/mol. The van der Waals surface area contributed by atoms with Gasteiger partial charge in [-0.15, -0.1) is 0 Å². The molecule has 0 bridgehead atoms. The highest BCUT2D eigenvalue weighted by Crippen LogP contribution is 2.33. The standard InChI is InChI=1S/C16H28N2Si2/c1-19(2,3)17-13-9-7-11-15(17)16-12-8-10-14-18(16)20(4,5)6/h9-14H,7-8H2,1-6H3. The first-order chi connectivity index (χ1) is 9.21. The maximum Gasteiger partial charge on any atom is 0.152 e. The molecule has 0 aromatic carbocycles. The van der Waals surface area contributed by atoms with Crippen LogP contribution in [-0.2, 0) is 0 Å². The molecule has 2 nitrogen and oxygen atoms in total. The van der Waals surface area contributed by atoms with Crippen LogP contribution >= 0.6 is 0 Å². The summed E-state index contributed by atoms with van der Waals surface area (Å²) in [6, 6.07) is 0. The van der Waals surface area contributed by atoms with E-state index in [2.05, 4.69) is 85.1 Å². The van der Waals surface area contributed by atoms with E-state index in [4.69, 9.17) is 0 Å². The van der Waals surface area contributed by atoms with Gasteiger partial charge in [-0.2, -0.15) is 0 Å². The zero-order valence-corrected chi connectivity index (χ0v) is 15.8. The Hall–Kier alpha value is -1.01. The summed E-state index contributed by atoms with van der Waals surface area (Å²) < 4.78 is 5.10. The largest absolute Gasteiger partial charge is 0.374 e. The molecule has 0 radical (unpaired) electrons. The first-order valence-corrected chi connectivity index (χ1v) is 14.4. The average Bonchev–Trinajstić information content (AvgIpc) is 2.37. The lowest BCUT2D eigenvalue weighted by atomic mass is 10.1. The monoisotopic (exact) mass is 304 g/mol. The van der Waals surface area contributed by atoms with E-state index in [0.717, 1.165) is 12.8 Å². The number of rotatable bonds is 3. The quantitative estimate of drug-likeness (QED) is 0.687. The van der Waals surface area contributed by atoms with Crippen LogP contribution in [0.5, 0.6) is 0 Å². The molecule has 2 rings (SSSR count). The van der Waals surface area contributed by atoms with Crippen molar-refractivity contribution in [3.05, 3.63) is 48.1 Å². The van der Waals surface area contributed by atoms with Crippen LogP contribution in [0.1, 0.15) is 12.8 Å². The molecule has 0 unspecified atom stereocenters. The second kappa shape index (κ2) is 5.41. The lowest BCUT2D eigenvalue weighted by molar-refractivity contribution is 0.593. The molecule has 4 heteroatoms. The fourth-order valence-corrected chi connectivity index (χ4v) is 5.64. The number of nitrogens with zero attached hydrogens (tertiary/aromatic N) is 2. The van der Waals surface area contributed by atoms with Crippen LogP contribution in [0.25, 0.3) is 0 Å². The fourth-order valence-electron chi connectivity index (χ4n) is 2.68. The summed E-state index contributed by atoms with van der Waals surface area (Å²) in [5.41, 5.74) is 2.86. The maximum atomic E-state index is 2.55. The topological polar surface area (TPSA) is 6.48 Å². The third-order valence-corrected chi connectivity index (χ3v) is 7.30. The van der Waals surface area contributed by atoms with Crippen molar-refractivity contribution in [2.75, 3.05) is 0 Å². The normalized spacial score (nSPS) is 20.1. The summed E-state index contributed by atoms with van der Waals surface area (Å²) in [5.74, 6) is 0. The Morgan fingerprint density at radius 1 is 0.700 bits per heavy atom. The van der Waals surface area contributed by atoms with Gasteiger partial charge in [0.05, 0.1) is 11.4 Å². The van der Waals surface area contributed by atoms with Gasteiger partial charge in [0.25, 0.3) is 0 Å². The third-order valence-electron chi connectivity index (χ3n) is 3.63. The summed E-state index contributed by atoms with van der Waals surface area (Å²) in [7, 11) is -2.78. The molecule has 2 aliphatic rings. The van der Waals surface area contributed by atoms with Crippen LogP contribution in [0.4, 0.5) is 0 Å². The van der Waals surface area contributed by atoms with Gasteiger partial charge in [0, 0.05) is 0 Å². The molecule has 0 aromatic heterocycles. The molecule has 0 aliphatic carbocycles. The van der Waals surface area contributed by atoms with Gasteiger partial charge in [-0.3, -0.25) is 0 Å². The summed E-state index contributed by atoms with van der Waals surface area (Å²) in [6.07, 6.45) is 16.1. The highest BCUT2D eigenvalue weighted by atomic mass is 28.3. The Balaban J connectivity index is 2.38. The van der Waals surface area contributed by atoms with Gasteiger partial charge in [-0.05, 0) is 25.2 Å². The number of hydrogen-bond acceptors (Lipinski definition) is 2. The van der Waals surface area contributed by atoms with Gasteiger partial charge in [0.1, 0.15) is 0 Å². The second-order valence-electron chi connectivity index (χ2n) is 7.50. The highest BCUT2D eigenvalue weighted by molar-refractivity contribution is 6.75. The van der Waals surface area contributed by atoms with Crippen LogP contribution in [0.15, 0.2) is 48.1 Å². The third kappa shape index (κ3) is 3.18. The van der Waals surface area contributed by atoms with Crippen LogP contribution in [-0.4, -0.2) is 25.6 Å². The SMILES string of the molecule is C[Si](C)(C)N1C=CCC=C1C1=CCC=CN1[Si](C)(C)C. The van der Waals surface area contributed by atoms with E-state index >= 15 is 0 Å². The van der Waals surface area contributed by atoms with E-state index in [1.165, 1.54) is 11.4 Å². The number of hydrogen-bond donors (Lipinski definition) is 0. The van der Waals surface area contributed by atoms with Crippen molar-refractivity contribution < 1.29 is 0 Å². The Labute approximate surface area is 126 Å². The fraction of sp³-hybridized carbons (Fsp3) is 0.500. The summed E-state index contributed by atoms with van der Waals surface area (Å²) in [6.45, 7) is 14.5. The van der Waals surface area contributed by atoms with E-state index < -0.39 is 16.5 Å². The molecular formula is C16H28N2Si2. The maximum absolute atomic E-state index is 2.55. The summed E-state index contributed by atoms with van der Waals surface area (Å²) >= 11 is 0. The van der Waals surface area contributed by atoms with Crippen molar-refractivity contribution in [3.8, 4) is 0 Å². The van der Waals surface area contributed by atoms with Crippen molar-refractivity contribution in [1.29, 1.82) is 0 Å². The first kappa shape index (κ1) is 15.4. The lowest BCUT2D eigenvalue weighted by Crippen LogP contribution is -2.48. The van der Waals surface area contributed by atoms with Crippen LogP contribution in [0, 0.1) is 0 Å². The Bertz CT molecular complexity index is 442. The molecule has 0 saturated heterocycles. The highest BCUT2D eigenvalue weighted by Gasteiger charge is 2.32. The molecule has 0 fully saturated rings. The Morgan fingerprint density at radius 3 is 1.35 bits per heavy atom. The summed E-state index contributed by atoms with van der Waals surface area (Å²) in [4.78, 5) is 0. The minimum absolute atomic E-state index is 1.05. The Morgan fingerprint density at radius 2 is 1.05 bits per heavy atom. The molecule has 0 spiro atoms. The van der Waals surface area contributed by atoms with E-state index in [9.17, 15) is 0 Å². The van der Waals surface area contributed by atoms with Crippen LogP contribution in [0.2, 0.25) is 39.3 Å². The van der Waals surface area contributed by atoms with E-state index in [1.807, 2.05) is 0 Å². The lowest BCUT2D eigenvalue weighted by Gasteiger charge is -2.44. The van der Waals surface area contributed by atoms with Crippen LogP contribution < -0.4 is 0 Å². The van der Waals surface area contributed by atoms with Crippen molar-refractivity contribution >= 4 is 16.5 Å². The molecular weight excluding hydrogens is 276 g/mol. The molecule has 0 atom stereocenters. The molecule has 0 N–H and O–H groups in total. The van der Waals surface area contributed by atoms with E-state index in [1.54, 1.807) is 0 Å². The second-order valence-corrected chi connectivity index (χ2v) is 17.1. The van der Waals surface area contributed by atoms with Gasteiger partial charge in [-0.25, -0.2) is 0 Å². The molecule has 110 valence electrons. The van der Waals surface area contributed by atoms with Gasteiger partial charge in [0.2, 0.25) is 0 Å². The van der Waals surface area contributed by atoms with Crippen LogP contribution in [0.3, 0.4) is 0 Å². The molecule has 2 heterocycles. The summed E-state index contributed by atoms with van der Waals surface area (Å²) in [5, 5.41) is 0. The minimum Gasteiger partial charge on any atom is -0.374 e. The molecule has 0 amide bonds. The van der Waals surface area contributed by atoms with Crippen molar-refractivity contribution in [2.45, 2.75) is 52.1 Å². The molecule has 20 heavy (non-hydrogen) atoms. The smallest absolute Gasteiger partial charge is 0.152 e. The zero-order chi connectivity index (χ0) is 15.0. The Kier molecular flexibility index (Phi) is 4.16. The number of allylic oxidation sites excluding steroid dienone is 4. The van der Waals surface area contributed by atoms with Gasteiger partial charge < -0.3 is 9.13 Å². The van der Waals surface area contributed by atoms with Crippen molar-refractivity contribution in [3.63, 3.8) is 0 Å². The molecule has 2 aliphatic heterocycles. The van der Waals surface area contributed by atoms with E-state index in [-0.39, 0.29) is 0 Å². The van der Waals surface area contributed by atoms with Gasteiger partial charge in [-0.1, -0.05) is 63.6 Å². The predicted molar refractivity (Wildman–Crippen MR) is 94.1 cm³/mol. The van der Waals surface area contributed by atoms with Crippen molar-refractivity contribution in [2.24, 2.45) is 0 Å². The molecule has 0 aromatic rings. The van der Waals surface area contributed by atoms with Gasteiger partial charge in [0.15, 0.2) is 16.5 Å². The van der Waals surface area contributed by atoms with E-state index in [0.29, 0.717) is 0 Å². The van der Waals surface area contributed by atoms with Gasteiger partial charge >= 0.3 is 0 Å². The minimum atomic E-state index is -1.39. The first-order valence-electron chi connectivity index (χ1n) is 7.54. The molecule has 0 saturated carbocycles.